The normalized spacial score (nSPS) is 13.5. The fourth-order valence-electron chi connectivity index (χ4n) is 1.50. The lowest BCUT2D eigenvalue weighted by Crippen LogP contribution is -2.12. The molecule has 5 heteroatoms. The Labute approximate surface area is 106 Å². The molecule has 0 radical (unpaired) electrons. The number of aliphatic hydroxyl groups excluding tert-OH is 1. The van der Waals surface area contributed by atoms with E-state index in [1.54, 1.807) is 6.08 Å². The molecule has 0 heterocycles. The highest BCUT2D eigenvalue weighted by atomic mass is 79.9. The number of rotatable bonds is 4. The van der Waals surface area contributed by atoms with E-state index in [1.807, 2.05) is 0 Å². The molecule has 1 unspecified atom stereocenters. The summed E-state index contributed by atoms with van der Waals surface area (Å²) in [6, 6.07) is 3.76. The minimum Gasteiger partial charge on any atom is -0.388 e. The van der Waals surface area contributed by atoms with Crippen LogP contribution in [0.15, 0.2) is 35.3 Å². The van der Waals surface area contributed by atoms with E-state index in [0.29, 0.717) is 10.9 Å². The number of aliphatic hydroxyl groups is 1. The maximum atomic E-state index is 12.8. The molecule has 0 bridgehead atoms. The minimum absolute atomic E-state index is 0.0949. The summed E-state index contributed by atoms with van der Waals surface area (Å²) in [5.74, 6) is 0. The number of halogens is 4. The molecule has 17 heavy (non-hydrogen) atoms. The Kier molecular flexibility index (Phi) is 4.77. The second-order valence-electron chi connectivity index (χ2n) is 3.61. The molecule has 1 rings (SSSR count). The molecule has 94 valence electrons. The average molecular weight is 309 g/mol. The quantitative estimate of drug-likeness (QED) is 0.814. The first kappa shape index (κ1) is 14.3. The number of alkyl halides is 3. The molecule has 0 aromatic heterocycles. The lowest BCUT2D eigenvalue weighted by atomic mass is 9.99. The largest absolute Gasteiger partial charge is 0.416 e. The molecule has 0 aliphatic carbocycles. The minimum atomic E-state index is -4.46. The Morgan fingerprint density at radius 3 is 2.59 bits per heavy atom. The summed E-state index contributed by atoms with van der Waals surface area (Å²) < 4.78 is 38.6. The van der Waals surface area contributed by atoms with Gasteiger partial charge in [0.15, 0.2) is 0 Å². The van der Waals surface area contributed by atoms with Crippen molar-refractivity contribution in [1.29, 1.82) is 0 Å². The molecule has 0 spiro atoms. The van der Waals surface area contributed by atoms with Gasteiger partial charge in [0.05, 0.1) is 11.7 Å². The molecule has 1 aromatic carbocycles. The zero-order valence-electron chi connectivity index (χ0n) is 8.97. The van der Waals surface area contributed by atoms with Crippen LogP contribution < -0.4 is 0 Å². The van der Waals surface area contributed by atoms with Crippen molar-refractivity contribution in [1.82, 2.24) is 0 Å². The Morgan fingerprint density at radius 2 is 2.06 bits per heavy atom. The lowest BCUT2D eigenvalue weighted by molar-refractivity contribution is -0.139. The molecular weight excluding hydrogens is 297 g/mol. The Bertz CT molecular complexity index is 401. The summed E-state index contributed by atoms with van der Waals surface area (Å²) in [5, 5.41) is 9.72. The first-order valence-corrected chi connectivity index (χ1v) is 5.81. The van der Waals surface area contributed by atoms with Crippen molar-refractivity contribution in [2.24, 2.45) is 0 Å². The molecule has 0 saturated heterocycles. The zero-order valence-corrected chi connectivity index (χ0v) is 10.6. The van der Waals surface area contributed by atoms with E-state index in [2.05, 4.69) is 22.5 Å². The van der Waals surface area contributed by atoms with Crippen molar-refractivity contribution in [3.63, 3.8) is 0 Å². The van der Waals surface area contributed by atoms with Gasteiger partial charge in [-0.1, -0.05) is 28.1 Å². The molecule has 0 fully saturated rings. The van der Waals surface area contributed by atoms with Crippen molar-refractivity contribution in [2.75, 3.05) is 0 Å². The van der Waals surface area contributed by atoms with Crippen molar-refractivity contribution in [3.8, 4) is 0 Å². The van der Waals surface area contributed by atoms with Crippen LogP contribution in [0.3, 0.4) is 0 Å². The van der Waals surface area contributed by atoms with Gasteiger partial charge in [-0.15, -0.1) is 6.58 Å². The molecule has 1 aromatic rings. The van der Waals surface area contributed by atoms with Gasteiger partial charge in [-0.3, -0.25) is 0 Å². The van der Waals surface area contributed by atoms with Gasteiger partial charge in [0.1, 0.15) is 0 Å². The van der Waals surface area contributed by atoms with Crippen LogP contribution in [0.4, 0.5) is 13.2 Å². The Hall–Kier alpha value is -0.810. The van der Waals surface area contributed by atoms with Gasteiger partial charge in [-0.2, -0.15) is 13.2 Å². The second-order valence-corrected chi connectivity index (χ2v) is 4.53. The smallest absolute Gasteiger partial charge is 0.388 e. The Balaban J connectivity index is 3.10. The number of benzene rings is 1. The lowest BCUT2D eigenvalue weighted by Gasteiger charge is -2.17. The Morgan fingerprint density at radius 1 is 1.41 bits per heavy atom. The van der Waals surface area contributed by atoms with Crippen molar-refractivity contribution in [3.05, 3.63) is 46.5 Å². The first-order valence-electron chi connectivity index (χ1n) is 5.02. The fraction of sp³-hybridized carbons (Fsp3) is 0.333. The summed E-state index contributed by atoms with van der Waals surface area (Å²) in [6.45, 7) is 3.47. The third-order valence-corrected chi connectivity index (χ3v) is 2.82. The molecule has 1 N–H and O–H groups in total. The highest BCUT2D eigenvalue weighted by Gasteiger charge is 2.34. The molecule has 0 aliphatic rings. The molecule has 1 atom stereocenters. The van der Waals surface area contributed by atoms with E-state index in [9.17, 15) is 18.3 Å². The third-order valence-electron chi connectivity index (χ3n) is 2.32. The molecule has 1 nitrogen and oxygen atoms in total. The standard InChI is InChI=1S/C12H12BrF3O/c1-2-3-4-11(17)9-6-5-8(13)7-10(9)12(14,15)16/h2,5-7,11,17H,1,3-4H2. The monoisotopic (exact) mass is 308 g/mol. The van der Waals surface area contributed by atoms with Crippen LogP contribution in [0.1, 0.15) is 30.1 Å². The van der Waals surface area contributed by atoms with Crippen molar-refractivity contribution >= 4 is 15.9 Å². The van der Waals surface area contributed by atoms with Crippen LogP contribution >= 0.6 is 15.9 Å². The second kappa shape index (κ2) is 5.69. The van der Waals surface area contributed by atoms with Gasteiger partial charge in [0.25, 0.3) is 0 Å². The summed E-state index contributed by atoms with van der Waals surface area (Å²) in [6.07, 6.45) is -3.33. The van der Waals surface area contributed by atoms with Crippen LogP contribution in [0.25, 0.3) is 0 Å². The summed E-state index contributed by atoms with van der Waals surface area (Å²) in [7, 11) is 0. The molecular formula is C12H12BrF3O. The van der Waals surface area contributed by atoms with E-state index in [0.717, 1.165) is 6.07 Å². The van der Waals surface area contributed by atoms with E-state index >= 15 is 0 Å². The first-order chi connectivity index (χ1) is 7.86. The highest BCUT2D eigenvalue weighted by Crippen LogP contribution is 2.37. The molecule has 0 amide bonds. The summed E-state index contributed by atoms with van der Waals surface area (Å²) >= 11 is 2.99. The van der Waals surface area contributed by atoms with Gasteiger partial charge in [0, 0.05) is 4.47 Å². The van der Waals surface area contributed by atoms with Crippen molar-refractivity contribution < 1.29 is 18.3 Å². The van der Waals surface area contributed by atoms with Crippen LogP contribution in [-0.2, 0) is 6.18 Å². The number of hydrogen-bond donors (Lipinski definition) is 1. The zero-order chi connectivity index (χ0) is 13.1. The fourth-order valence-corrected chi connectivity index (χ4v) is 1.86. The predicted molar refractivity (Wildman–Crippen MR) is 63.5 cm³/mol. The van der Waals surface area contributed by atoms with Gasteiger partial charge in [-0.25, -0.2) is 0 Å². The van der Waals surface area contributed by atoms with Crippen LogP contribution in [0, 0.1) is 0 Å². The molecule has 0 aliphatic heterocycles. The van der Waals surface area contributed by atoms with Crippen LogP contribution in [0.2, 0.25) is 0 Å². The van der Waals surface area contributed by atoms with E-state index in [1.165, 1.54) is 12.1 Å². The van der Waals surface area contributed by atoms with Crippen LogP contribution in [-0.4, -0.2) is 5.11 Å². The van der Waals surface area contributed by atoms with E-state index < -0.39 is 17.8 Å². The number of allylic oxidation sites excluding steroid dienone is 1. The third kappa shape index (κ3) is 3.85. The topological polar surface area (TPSA) is 20.2 Å². The summed E-state index contributed by atoms with van der Waals surface area (Å²) in [4.78, 5) is 0. The van der Waals surface area contributed by atoms with Crippen molar-refractivity contribution in [2.45, 2.75) is 25.1 Å². The van der Waals surface area contributed by atoms with E-state index in [-0.39, 0.29) is 12.0 Å². The highest BCUT2D eigenvalue weighted by molar-refractivity contribution is 9.10. The summed E-state index contributed by atoms with van der Waals surface area (Å²) in [5.41, 5.74) is -0.897. The van der Waals surface area contributed by atoms with Gasteiger partial charge >= 0.3 is 6.18 Å². The average Bonchev–Trinajstić information content (AvgIpc) is 2.24. The maximum Gasteiger partial charge on any atom is 0.416 e. The molecule has 0 saturated carbocycles. The maximum absolute atomic E-state index is 12.8. The van der Waals surface area contributed by atoms with E-state index in [4.69, 9.17) is 0 Å². The van der Waals surface area contributed by atoms with Gasteiger partial charge in [-0.05, 0) is 30.5 Å². The number of hydrogen-bond acceptors (Lipinski definition) is 1. The van der Waals surface area contributed by atoms with Gasteiger partial charge in [0.2, 0.25) is 0 Å². The SMILES string of the molecule is C=CCCC(O)c1ccc(Br)cc1C(F)(F)F. The predicted octanol–water partition coefficient (Wildman–Crippen LogP) is 4.47. The van der Waals surface area contributed by atoms with Crippen LogP contribution in [0.5, 0.6) is 0 Å². The van der Waals surface area contributed by atoms with Gasteiger partial charge < -0.3 is 5.11 Å².